The molecule has 27 heavy (non-hydrogen) atoms. The molecule has 0 unspecified atom stereocenters. The van der Waals surface area contributed by atoms with Crippen LogP contribution in [0.5, 0.6) is 0 Å². The standard InChI is InChI=1S/C18H14Cl2FN3O3/c19-11-8-14(17(23)15(20)9-11)18(26)27-10-16(25)24(7-1-6-22)13-4-2-12(21)3-5-13/h2-5,8-9H,1,7,10,23H2. The zero-order valence-electron chi connectivity index (χ0n) is 13.9. The SMILES string of the molecule is N#CCCN(C(=O)COC(=O)c1cc(Cl)cc(Cl)c1N)c1ccc(F)cc1. The minimum Gasteiger partial charge on any atom is -0.452 e. The fourth-order valence-corrected chi connectivity index (χ4v) is 2.71. The summed E-state index contributed by atoms with van der Waals surface area (Å²) in [5.41, 5.74) is 6.02. The number of nitrogens with zero attached hydrogens (tertiary/aromatic N) is 2. The maximum Gasteiger partial charge on any atom is 0.340 e. The van der Waals surface area contributed by atoms with Crippen LogP contribution in [-0.2, 0) is 9.53 Å². The number of halogens is 3. The smallest absolute Gasteiger partial charge is 0.340 e. The van der Waals surface area contributed by atoms with Gasteiger partial charge in [-0.3, -0.25) is 4.79 Å². The highest BCUT2D eigenvalue weighted by Gasteiger charge is 2.20. The molecule has 2 rings (SSSR count). The van der Waals surface area contributed by atoms with Crippen molar-refractivity contribution in [2.24, 2.45) is 0 Å². The molecule has 6 nitrogen and oxygen atoms in total. The van der Waals surface area contributed by atoms with E-state index in [-0.39, 0.29) is 34.3 Å². The van der Waals surface area contributed by atoms with Crippen molar-refractivity contribution in [2.45, 2.75) is 6.42 Å². The Labute approximate surface area is 164 Å². The van der Waals surface area contributed by atoms with Crippen molar-refractivity contribution in [1.29, 1.82) is 5.26 Å². The number of esters is 1. The molecular formula is C18H14Cl2FN3O3. The third-order valence-corrected chi connectivity index (χ3v) is 4.06. The van der Waals surface area contributed by atoms with Gasteiger partial charge in [-0.05, 0) is 36.4 Å². The molecule has 0 bridgehead atoms. The summed E-state index contributed by atoms with van der Waals surface area (Å²) in [6.45, 7) is -0.547. The van der Waals surface area contributed by atoms with Crippen molar-refractivity contribution in [3.63, 3.8) is 0 Å². The van der Waals surface area contributed by atoms with Gasteiger partial charge in [0.15, 0.2) is 6.61 Å². The number of hydrogen-bond acceptors (Lipinski definition) is 5. The van der Waals surface area contributed by atoms with E-state index in [0.717, 1.165) is 0 Å². The van der Waals surface area contributed by atoms with E-state index in [1.54, 1.807) is 0 Å². The van der Waals surface area contributed by atoms with Crippen LogP contribution in [0.3, 0.4) is 0 Å². The number of nitrogens with two attached hydrogens (primary N) is 1. The molecule has 0 spiro atoms. The van der Waals surface area contributed by atoms with E-state index >= 15 is 0 Å². The van der Waals surface area contributed by atoms with Gasteiger partial charge in [0.2, 0.25) is 0 Å². The van der Waals surface area contributed by atoms with Crippen LogP contribution in [0.1, 0.15) is 16.8 Å². The van der Waals surface area contributed by atoms with Crippen molar-refractivity contribution in [1.82, 2.24) is 0 Å². The van der Waals surface area contributed by atoms with Gasteiger partial charge in [-0.15, -0.1) is 0 Å². The zero-order valence-corrected chi connectivity index (χ0v) is 15.4. The lowest BCUT2D eigenvalue weighted by molar-refractivity contribution is -0.121. The average molecular weight is 410 g/mol. The van der Waals surface area contributed by atoms with Gasteiger partial charge >= 0.3 is 5.97 Å². The lowest BCUT2D eigenvalue weighted by Crippen LogP contribution is -2.35. The number of rotatable bonds is 6. The number of carbonyl (C=O) groups is 2. The number of hydrogen-bond donors (Lipinski definition) is 1. The molecular weight excluding hydrogens is 396 g/mol. The molecule has 0 aliphatic heterocycles. The number of carbonyl (C=O) groups excluding carboxylic acids is 2. The Bertz CT molecular complexity index is 898. The van der Waals surface area contributed by atoms with Crippen LogP contribution in [-0.4, -0.2) is 25.0 Å². The second-order valence-electron chi connectivity index (χ2n) is 5.35. The lowest BCUT2D eigenvalue weighted by atomic mass is 10.2. The van der Waals surface area contributed by atoms with Crippen LogP contribution < -0.4 is 10.6 Å². The van der Waals surface area contributed by atoms with Gasteiger partial charge in [-0.1, -0.05) is 23.2 Å². The van der Waals surface area contributed by atoms with Crippen molar-refractivity contribution in [2.75, 3.05) is 23.8 Å². The molecule has 0 fully saturated rings. The van der Waals surface area contributed by atoms with E-state index in [9.17, 15) is 14.0 Å². The average Bonchev–Trinajstić information content (AvgIpc) is 2.64. The Morgan fingerprint density at radius 3 is 2.52 bits per heavy atom. The normalized spacial score (nSPS) is 10.1. The summed E-state index contributed by atoms with van der Waals surface area (Å²) >= 11 is 11.7. The minimum absolute atomic E-state index is 0.0154. The molecule has 140 valence electrons. The summed E-state index contributed by atoms with van der Waals surface area (Å²) in [4.78, 5) is 25.9. The first-order valence-electron chi connectivity index (χ1n) is 7.68. The number of nitriles is 1. The van der Waals surface area contributed by atoms with Crippen LogP contribution in [0.25, 0.3) is 0 Å². The molecule has 0 heterocycles. The largest absolute Gasteiger partial charge is 0.452 e. The Balaban J connectivity index is 2.12. The van der Waals surface area contributed by atoms with Gasteiger partial charge < -0.3 is 15.4 Å². The number of benzene rings is 2. The molecule has 9 heteroatoms. The fourth-order valence-electron chi connectivity index (χ4n) is 2.22. The molecule has 2 N–H and O–H groups in total. The van der Waals surface area contributed by atoms with Crippen LogP contribution in [0.4, 0.5) is 15.8 Å². The van der Waals surface area contributed by atoms with Crippen LogP contribution in [0, 0.1) is 17.1 Å². The molecule has 0 aliphatic carbocycles. The Kier molecular flexibility index (Phi) is 6.99. The second-order valence-corrected chi connectivity index (χ2v) is 6.20. The Morgan fingerprint density at radius 2 is 1.89 bits per heavy atom. The topological polar surface area (TPSA) is 96.4 Å². The molecule has 2 aromatic rings. The quantitative estimate of drug-likeness (QED) is 0.577. The monoisotopic (exact) mass is 409 g/mol. The summed E-state index contributed by atoms with van der Waals surface area (Å²) in [7, 11) is 0. The molecule has 0 saturated carbocycles. The highest BCUT2D eigenvalue weighted by Crippen LogP contribution is 2.28. The third kappa shape index (κ3) is 5.33. The third-order valence-electron chi connectivity index (χ3n) is 3.53. The van der Waals surface area contributed by atoms with Gasteiger partial charge in [0.05, 0.1) is 28.8 Å². The summed E-state index contributed by atoms with van der Waals surface area (Å²) in [5, 5.41) is 9.04. The van der Waals surface area contributed by atoms with Gasteiger partial charge in [-0.2, -0.15) is 5.26 Å². The number of anilines is 2. The first-order valence-corrected chi connectivity index (χ1v) is 8.43. The summed E-state index contributed by atoms with van der Waals surface area (Å²) in [6.07, 6.45) is 0.0495. The maximum absolute atomic E-state index is 13.1. The number of nitrogen functional groups attached to an aromatic ring is 1. The first-order chi connectivity index (χ1) is 12.8. The molecule has 0 atom stereocenters. The lowest BCUT2D eigenvalue weighted by Gasteiger charge is -2.21. The van der Waals surface area contributed by atoms with Gasteiger partial charge in [-0.25, -0.2) is 9.18 Å². The molecule has 1 amide bonds. The fraction of sp³-hybridized carbons (Fsp3) is 0.167. The van der Waals surface area contributed by atoms with Crippen molar-refractivity contribution in [3.8, 4) is 6.07 Å². The predicted molar refractivity (Wildman–Crippen MR) is 100 cm³/mol. The summed E-state index contributed by atoms with van der Waals surface area (Å²) in [6, 6.07) is 9.72. The molecule has 0 radical (unpaired) electrons. The molecule has 0 saturated heterocycles. The van der Waals surface area contributed by atoms with E-state index in [1.807, 2.05) is 6.07 Å². The second kappa shape index (κ2) is 9.21. The van der Waals surface area contributed by atoms with E-state index in [1.165, 1.54) is 41.3 Å². The van der Waals surface area contributed by atoms with Crippen molar-refractivity contribution in [3.05, 3.63) is 57.8 Å². The van der Waals surface area contributed by atoms with E-state index < -0.39 is 24.3 Å². The highest BCUT2D eigenvalue weighted by atomic mass is 35.5. The number of amides is 1. The zero-order chi connectivity index (χ0) is 20.0. The highest BCUT2D eigenvalue weighted by molar-refractivity contribution is 6.37. The van der Waals surface area contributed by atoms with Crippen LogP contribution >= 0.6 is 23.2 Å². The molecule has 0 aliphatic rings. The van der Waals surface area contributed by atoms with Gasteiger partial charge in [0.25, 0.3) is 5.91 Å². The van der Waals surface area contributed by atoms with E-state index in [0.29, 0.717) is 5.69 Å². The van der Waals surface area contributed by atoms with Crippen molar-refractivity contribution >= 4 is 46.5 Å². The van der Waals surface area contributed by atoms with Crippen molar-refractivity contribution < 1.29 is 18.7 Å². The van der Waals surface area contributed by atoms with Gasteiger partial charge in [0, 0.05) is 17.3 Å². The van der Waals surface area contributed by atoms with Crippen LogP contribution in [0.2, 0.25) is 10.0 Å². The summed E-state index contributed by atoms with van der Waals surface area (Å²) in [5.74, 6) is -1.92. The molecule has 2 aromatic carbocycles. The Hall–Kier alpha value is -2.82. The Morgan fingerprint density at radius 1 is 1.22 bits per heavy atom. The van der Waals surface area contributed by atoms with E-state index in [2.05, 4.69) is 0 Å². The first kappa shape index (κ1) is 20.5. The minimum atomic E-state index is -0.871. The van der Waals surface area contributed by atoms with Gasteiger partial charge in [0.1, 0.15) is 5.82 Å². The maximum atomic E-state index is 13.1. The van der Waals surface area contributed by atoms with E-state index in [4.69, 9.17) is 38.9 Å². The molecule has 0 aromatic heterocycles. The predicted octanol–water partition coefficient (Wildman–Crippen LogP) is 3.82. The summed E-state index contributed by atoms with van der Waals surface area (Å²) < 4.78 is 18.1. The van der Waals surface area contributed by atoms with Crippen LogP contribution in [0.15, 0.2) is 36.4 Å². The number of ether oxygens (including phenoxy) is 1.